The van der Waals surface area contributed by atoms with Crippen LogP contribution in [0.25, 0.3) is 0 Å². The number of anilines is 1. The summed E-state index contributed by atoms with van der Waals surface area (Å²) in [4.78, 5) is 24.8. The first-order chi connectivity index (χ1) is 10.0. The summed E-state index contributed by atoms with van der Waals surface area (Å²) in [5.41, 5.74) is -0.585. The lowest BCUT2D eigenvalue weighted by Crippen LogP contribution is -2.47. The topological polar surface area (TPSA) is 78.9 Å². The Morgan fingerprint density at radius 2 is 2.29 bits per heavy atom. The molecule has 1 unspecified atom stereocenters. The molecule has 0 saturated carbocycles. The summed E-state index contributed by atoms with van der Waals surface area (Å²) in [5, 5.41) is 11.5. The van der Waals surface area contributed by atoms with Crippen LogP contribution in [0.3, 0.4) is 0 Å². The molecule has 2 amide bonds. The molecule has 0 spiro atoms. The summed E-state index contributed by atoms with van der Waals surface area (Å²) in [7, 11) is 0. The number of carbonyl (C=O) groups is 2. The Morgan fingerprint density at radius 1 is 1.52 bits per heavy atom. The zero-order valence-electron chi connectivity index (χ0n) is 11.6. The van der Waals surface area contributed by atoms with Crippen LogP contribution in [0.4, 0.5) is 14.9 Å². The number of morpholine rings is 1. The van der Waals surface area contributed by atoms with Crippen molar-refractivity contribution in [2.45, 2.75) is 19.4 Å². The third-order valence-electron chi connectivity index (χ3n) is 3.35. The van der Waals surface area contributed by atoms with E-state index >= 15 is 0 Å². The second-order valence-corrected chi connectivity index (χ2v) is 4.74. The third kappa shape index (κ3) is 3.49. The second-order valence-electron chi connectivity index (χ2n) is 4.74. The molecule has 114 valence electrons. The van der Waals surface area contributed by atoms with Gasteiger partial charge >= 0.3 is 12.0 Å². The third-order valence-corrected chi connectivity index (χ3v) is 3.35. The molecule has 1 heterocycles. The van der Waals surface area contributed by atoms with Gasteiger partial charge in [-0.05, 0) is 18.6 Å². The van der Waals surface area contributed by atoms with Crippen LogP contribution in [0.5, 0.6) is 0 Å². The smallest absolute Gasteiger partial charge is 0.340 e. The molecule has 2 N–H and O–H groups in total. The molecule has 1 aliphatic rings. The Balaban J connectivity index is 2.13. The number of rotatable bonds is 3. The maximum absolute atomic E-state index is 13.5. The van der Waals surface area contributed by atoms with Crippen molar-refractivity contribution in [1.82, 2.24) is 4.90 Å². The summed E-state index contributed by atoms with van der Waals surface area (Å²) in [6.45, 7) is 3.24. The maximum Gasteiger partial charge on any atom is 0.340 e. The Bertz CT molecular complexity index is 550. The molecule has 7 heteroatoms. The van der Waals surface area contributed by atoms with Crippen LogP contribution in [-0.2, 0) is 4.74 Å². The quantitative estimate of drug-likeness (QED) is 0.896. The van der Waals surface area contributed by atoms with Gasteiger partial charge in [0, 0.05) is 13.1 Å². The molecule has 1 saturated heterocycles. The molecule has 0 aromatic heterocycles. The Hall–Kier alpha value is -2.15. The number of carboxylic acids is 1. The highest BCUT2D eigenvalue weighted by atomic mass is 19.1. The summed E-state index contributed by atoms with van der Waals surface area (Å²) >= 11 is 0. The van der Waals surface area contributed by atoms with E-state index in [1.807, 2.05) is 6.92 Å². The van der Waals surface area contributed by atoms with Gasteiger partial charge in [0.15, 0.2) is 0 Å². The first kappa shape index (κ1) is 15.2. The number of benzene rings is 1. The van der Waals surface area contributed by atoms with Crippen molar-refractivity contribution in [2.75, 3.05) is 25.0 Å². The largest absolute Gasteiger partial charge is 0.478 e. The van der Waals surface area contributed by atoms with Crippen molar-refractivity contribution < 1.29 is 23.8 Å². The van der Waals surface area contributed by atoms with E-state index in [2.05, 4.69) is 5.32 Å². The molecule has 6 nitrogen and oxygen atoms in total. The van der Waals surface area contributed by atoms with Crippen LogP contribution >= 0.6 is 0 Å². The van der Waals surface area contributed by atoms with E-state index in [1.165, 1.54) is 17.0 Å². The van der Waals surface area contributed by atoms with Gasteiger partial charge in [0.05, 0.1) is 18.4 Å². The van der Waals surface area contributed by atoms with Crippen LogP contribution < -0.4 is 5.32 Å². The minimum absolute atomic E-state index is 0.0315. The molecular formula is C14H17FN2O4. The van der Waals surface area contributed by atoms with Crippen molar-refractivity contribution >= 4 is 17.7 Å². The van der Waals surface area contributed by atoms with Crippen LogP contribution in [0.1, 0.15) is 23.7 Å². The number of nitrogens with one attached hydrogen (secondary N) is 1. The van der Waals surface area contributed by atoms with Crippen LogP contribution in [0.15, 0.2) is 18.2 Å². The highest BCUT2D eigenvalue weighted by molar-refractivity contribution is 6.00. The fourth-order valence-electron chi connectivity index (χ4n) is 2.19. The predicted molar refractivity (Wildman–Crippen MR) is 74.0 cm³/mol. The monoisotopic (exact) mass is 296 g/mol. The zero-order valence-corrected chi connectivity index (χ0v) is 11.6. The Kier molecular flexibility index (Phi) is 4.74. The Labute approximate surface area is 121 Å². The van der Waals surface area contributed by atoms with E-state index in [4.69, 9.17) is 9.84 Å². The molecule has 1 atom stereocenters. The first-order valence-corrected chi connectivity index (χ1v) is 6.72. The second kappa shape index (κ2) is 6.53. The van der Waals surface area contributed by atoms with Crippen molar-refractivity contribution in [3.63, 3.8) is 0 Å². The highest BCUT2D eigenvalue weighted by Gasteiger charge is 2.25. The van der Waals surface area contributed by atoms with Crippen molar-refractivity contribution in [3.8, 4) is 0 Å². The van der Waals surface area contributed by atoms with Crippen LogP contribution in [0, 0.1) is 5.82 Å². The number of carbonyl (C=O) groups excluding carboxylic acids is 1. The van der Waals surface area contributed by atoms with E-state index in [1.54, 1.807) is 0 Å². The number of hydrogen-bond acceptors (Lipinski definition) is 3. The first-order valence-electron chi connectivity index (χ1n) is 6.72. The van der Waals surface area contributed by atoms with E-state index in [0.717, 1.165) is 12.5 Å². The summed E-state index contributed by atoms with van der Waals surface area (Å²) in [5.74, 6) is -2.30. The number of carboxylic acid groups (broad SMARTS) is 1. The van der Waals surface area contributed by atoms with Crippen LogP contribution in [0.2, 0.25) is 0 Å². The molecule has 1 aromatic carbocycles. The van der Waals surface area contributed by atoms with Gasteiger partial charge in [-0.15, -0.1) is 0 Å². The molecule has 2 rings (SSSR count). The lowest BCUT2D eigenvalue weighted by atomic mass is 10.1. The van der Waals surface area contributed by atoms with Crippen molar-refractivity contribution in [3.05, 3.63) is 29.6 Å². The number of hydrogen-bond donors (Lipinski definition) is 2. The van der Waals surface area contributed by atoms with E-state index in [-0.39, 0.29) is 11.8 Å². The number of amides is 2. The summed E-state index contributed by atoms with van der Waals surface area (Å²) < 4.78 is 19.0. The molecule has 0 bridgehead atoms. The number of nitrogens with zero attached hydrogens (tertiary/aromatic N) is 1. The predicted octanol–water partition coefficient (Wildman–Crippen LogP) is 2.17. The fourth-order valence-corrected chi connectivity index (χ4v) is 2.19. The summed E-state index contributed by atoms with van der Waals surface area (Å²) in [6, 6.07) is 3.30. The number of halogens is 1. The summed E-state index contributed by atoms with van der Waals surface area (Å²) in [6.07, 6.45) is 0.750. The number of ether oxygens (including phenoxy) is 1. The number of urea groups is 1. The van der Waals surface area contributed by atoms with Gasteiger partial charge in [-0.25, -0.2) is 14.0 Å². The van der Waals surface area contributed by atoms with Crippen LogP contribution in [-0.4, -0.2) is 47.8 Å². The number of aromatic carboxylic acids is 1. The van der Waals surface area contributed by atoms with Gasteiger partial charge < -0.3 is 20.1 Å². The zero-order chi connectivity index (χ0) is 15.4. The molecule has 0 aliphatic carbocycles. The molecular weight excluding hydrogens is 279 g/mol. The molecule has 0 radical (unpaired) electrons. The van der Waals surface area contributed by atoms with Gasteiger partial charge in [0.25, 0.3) is 0 Å². The van der Waals surface area contributed by atoms with Gasteiger partial charge in [0.2, 0.25) is 0 Å². The normalized spacial score (nSPS) is 18.4. The van der Waals surface area contributed by atoms with Gasteiger partial charge in [-0.1, -0.05) is 13.0 Å². The average molecular weight is 296 g/mol. The van der Waals surface area contributed by atoms with E-state index < -0.39 is 23.4 Å². The minimum atomic E-state index is -1.42. The lowest BCUT2D eigenvalue weighted by molar-refractivity contribution is -0.0134. The van der Waals surface area contributed by atoms with Gasteiger partial charge in [0.1, 0.15) is 11.4 Å². The lowest BCUT2D eigenvalue weighted by Gasteiger charge is -2.32. The average Bonchev–Trinajstić information content (AvgIpc) is 2.47. The Morgan fingerprint density at radius 3 is 2.95 bits per heavy atom. The minimum Gasteiger partial charge on any atom is -0.478 e. The maximum atomic E-state index is 13.5. The van der Waals surface area contributed by atoms with Gasteiger partial charge in [-0.3, -0.25) is 0 Å². The molecule has 1 aromatic rings. The van der Waals surface area contributed by atoms with Crippen molar-refractivity contribution in [2.24, 2.45) is 0 Å². The molecule has 1 aliphatic heterocycles. The fraction of sp³-hybridized carbons (Fsp3) is 0.429. The van der Waals surface area contributed by atoms with E-state index in [9.17, 15) is 14.0 Å². The van der Waals surface area contributed by atoms with Crippen molar-refractivity contribution in [1.29, 1.82) is 0 Å². The standard InChI is InChI=1S/C14H17FN2O4/c1-2-9-8-17(6-7-21-9)14(20)16-11-5-3-4-10(15)12(11)13(18)19/h3-5,9H,2,6-8H2,1H3,(H,16,20)(H,18,19). The van der Waals surface area contributed by atoms with Gasteiger partial charge in [-0.2, -0.15) is 0 Å². The molecule has 1 fully saturated rings. The highest BCUT2D eigenvalue weighted by Crippen LogP contribution is 2.20. The van der Waals surface area contributed by atoms with E-state index in [0.29, 0.717) is 19.7 Å². The SMILES string of the molecule is CCC1CN(C(=O)Nc2cccc(F)c2C(=O)O)CCO1. The molecule has 21 heavy (non-hydrogen) atoms.